The number of aromatic nitrogens is 3. The summed E-state index contributed by atoms with van der Waals surface area (Å²) < 4.78 is 0. The van der Waals surface area contributed by atoms with Crippen molar-refractivity contribution in [3.8, 4) is 0 Å². The maximum atomic E-state index is 11.5. The maximum absolute atomic E-state index is 11.5. The van der Waals surface area contributed by atoms with Crippen molar-refractivity contribution < 1.29 is 4.79 Å². The van der Waals surface area contributed by atoms with Crippen LogP contribution in [0.5, 0.6) is 0 Å². The molecule has 1 aromatic rings. The van der Waals surface area contributed by atoms with Crippen molar-refractivity contribution >= 4 is 23.8 Å². The van der Waals surface area contributed by atoms with E-state index in [2.05, 4.69) is 30.5 Å². The number of nitrogens with one attached hydrogen (secondary N) is 2. The van der Waals surface area contributed by atoms with Crippen LogP contribution >= 0.6 is 0 Å². The zero-order valence-corrected chi connectivity index (χ0v) is 12.8. The zero-order chi connectivity index (χ0) is 15.4. The van der Waals surface area contributed by atoms with E-state index in [1.54, 1.807) is 7.05 Å². The number of nitrogens with two attached hydrogens (primary N) is 1. The molecule has 0 aromatic carbocycles. The Labute approximate surface area is 124 Å². The molecule has 2 heterocycles. The van der Waals surface area contributed by atoms with Crippen molar-refractivity contribution in [3.05, 3.63) is 0 Å². The third-order valence-electron chi connectivity index (χ3n) is 3.49. The SMILES string of the molecule is CNc1nc(NC(C(N)=O)C(C)C)nc(N2CCCC2)n1. The van der Waals surface area contributed by atoms with Crippen LogP contribution < -0.4 is 21.3 Å². The Hall–Kier alpha value is -2.12. The van der Waals surface area contributed by atoms with Gasteiger partial charge in [-0.25, -0.2) is 0 Å². The maximum Gasteiger partial charge on any atom is 0.240 e. The Morgan fingerprint density at radius 2 is 1.81 bits per heavy atom. The molecule has 116 valence electrons. The fourth-order valence-corrected chi connectivity index (χ4v) is 2.31. The molecule has 1 amide bonds. The topological polar surface area (TPSA) is 109 Å². The molecule has 0 radical (unpaired) electrons. The quantitative estimate of drug-likeness (QED) is 0.698. The Morgan fingerprint density at radius 1 is 1.19 bits per heavy atom. The van der Waals surface area contributed by atoms with E-state index in [-0.39, 0.29) is 5.92 Å². The van der Waals surface area contributed by atoms with E-state index >= 15 is 0 Å². The third kappa shape index (κ3) is 3.71. The van der Waals surface area contributed by atoms with Gasteiger partial charge in [0.2, 0.25) is 23.8 Å². The van der Waals surface area contributed by atoms with Crippen molar-refractivity contribution in [1.82, 2.24) is 15.0 Å². The van der Waals surface area contributed by atoms with Crippen molar-refractivity contribution in [1.29, 1.82) is 0 Å². The number of primary amides is 1. The Bertz CT molecular complexity index is 499. The van der Waals surface area contributed by atoms with Crippen LogP contribution in [0.2, 0.25) is 0 Å². The number of carbonyl (C=O) groups is 1. The fraction of sp³-hybridized carbons (Fsp3) is 0.692. The number of hydrogen-bond acceptors (Lipinski definition) is 7. The van der Waals surface area contributed by atoms with E-state index in [1.165, 1.54) is 0 Å². The fourth-order valence-electron chi connectivity index (χ4n) is 2.31. The summed E-state index contributed by atoms with van der Waals surface area (Å²) in [7, 11) is 1.75. The van der Waals surface area contributed by atoms with E-state index in [1.807, 2.05) is 13.8 Å². The summed E-state index contributed by atoms with van der Waals surface area (Å²) in [5, 5.41) is 5.93. The number of carbonyl (C=O) groups excluding carboxylic acids is 1. The number of nitrogens with zero attached hydrogens (tertiary/aromatic N) is 4. The lowest BCUT2D eigenvalue weighted by atomic mass is 10.0. The average Bonchev–Trinajstić information content (AvgIpc) is 2.98. The normalized spacial score (nSPS) is 16.1. The Morgan fingerprint density at radius 3 is 2.33 bits per heavy atom. The van der Waals surface area contributed by atoms with Gasteiger partial charge in [-0.2, -0.15) is 15.0 Å². The highest BCUT2D eigenvalue weighted by atomic mass is 16.1. The molecule has 4 N–H and O–H groups in total. The summed E-state index contributed by atoms with van der Waals surface area (Å²) in [6.45, 7) is 5.72. The Balaban J connectivity index is 2.25. The molecule has 1 fully saturated rings. The van der Waals surface area contributed by atoms with Gasteiger partial charge in [0, 0.05) is 20.1 Å². The van der Waals surface area contributed by atoms with Crippen LogP contribution in [0, 0.1) is 5.92 Å². The smallest absolute Gasteiger partial charge is 0.240 e. The molecular weight excluding hydrogens is 270 g/mol. The van der Waals surface area contributed by atoms with Crippen molar-refractivity contribution in [3.63, 3.8) is 0 Å². The lowest BCUT2D eigenvalue weighted by Gasteiger charge is -2.21. The monoisotopic (exact) mass is 293 g/mol. The van der Waals surface area contributed by atoms with Crippen molar-refractivity contribution in [2.75, 3.05) is 35.7 Å². The van der Waals surface area contributed by atoms with Gasteiger partial charge >= 0.3 is 0 Å². The minimum Gasteiger partial charge on any atom is -0.368 e. The second-order valence-corrected chi connectivity index (χ2v) is 5.50. The first-order valence-electron chi connectivity index (χ1n) is 7.26. The van der Waals surface area contributed by atoms with Crippen LogP contribution in [0.3, 0.4) is 0 Å². The predicted octanol–water partition coefficient (Wildman–Crippen LogP) is 0.435. The molecule has 1 unspecified atom stereocenters. The summed E-state index contributed by atoms with van der Waals surface area (Å²) >= 11 is 0. The van der Waals surface area contributed by atoms with E-state index in [4.69, 9.17) is 5.73 Å². The Kier molecular flexibility index (Phi) is 4.77. The van der Waals surface area contributed by atoms with Crippen molar-refractivity contribution in [2.24, 2.45) is 11.7 Å². The molecule has 0 saturated carbocycles. The summed E-state index contributed by atoms with van der Waals surface area (Å²) in [6.07, 6.45) is 2.28. The number of rotatable bonds is 6. The van der Waals surface area contributed by atoms with Gasteiger partial charge in [0.25, 0.3) is 0 Å². The molecule has 1 aliphatic heterocycles. The molecule has 2 rings (SSSR count). The number of amides is 1. The molecule has 8 nitrogen and oxygen atoms in total. The molecule has 1 atom stereocenters. The van der Waals surface area contributed by atoms with Gasteiger partial charge in [-0.05, 0) is 18.8 Å². The first-order chi connectivity index (χ1) is 10.0. The van der Waals surface area contributed by atoms with Crippen LogP contribution in [0.25, 0.3) is 0 Å². The van der Waals surface area contributed by atoms with Gasteiger partial charge in [-0.1, -0.05) is 13.8 Å². The van der Waals surface area contributed by atoms with E-state index in [0.29, 0.717) is 17.8 Å². The molecular formula is C13H23N7O. The van der Waals surface area contributed by atoms with E-state index in [9.17, 15) is 4.79 Å². The summed E-state index contributed by atoms with van der Waals surface area (Å²) in [6, 6.07) is -0.511. The first kappa shape index (κ1) is 15.3. The van der Waals surface area contributed by atoms with Gasteiger partial charge in [-0.15, -0.1) is 0 Å². The highest BCUT2D eigenvalue weighted by molar-refractivity contribution is 5.82. The minimum absolute atomic E-state index is 0.0486. The highest BCUT2D eigenvalue weighted by Gasteiger charge is 2.22. The second kappa shape index (κ2) is 6.55. The molecule has 21 heavy (non-hydrogen) atoms. The molecule has 0 aliphatic carbocycles. The lowest BCUT2D eigenvalue weighted by Crippen LogP contribution is -2.40. The zero-order valence-electron chi connectivity index (χ0n) is 12.8. The van der Waals surface area contributed by atoms with Gasteiger partial charge in [0.05, 0.1) is 0 Å². The molecule has 0 spiro atoms. The molecule has 1 saturated heterocycles. The van der Waals surface area contributed by atoms with Crippen LogP contribution in [-0.4, -0.2) is 47.0 Å². The van der Waals surface area contributed by atoms with Gasteiger partial charge < -0.3 is 21.3 Å². The standard InChI is InChI=1S/C13H23N7O/c1-8(2)9(10(14)21)16-12-17-11(15-3)18-13(19-12)20-6-4-5-7-20/h8-9H,4-7H2,1-3H3,(H2,14,21)(H2,15,16,17,18,19). The van der Waals surface area contributed by atoms with Gasteiger partial charge in [0.15, 0.2) is 0 Å². The second-order valence-electron chi connectivity index (χ2n) is 5.50. The largest absolute Gasteiger partial charge is 0.368 e. The van der Waals surface area contributed by atoms with E-state index < -0.39 is 11.9 Å². The molecule has 8 heteroatoms. The highest BCUT2D eigenvalue weighted by Crippen LogP contribution is 2.19. The van der Waals surface area contributed by atoms with Crippen LogP contribution in [0.1, 0.15) is 26.7 Å². The first-order valence-corrected chi connectivity index (χ1v) is 7.26. The molecule has 0 bridgehead atoms. The molecule has 1 aliphatic rings. The molecule has 1 aromatic heterocycles. The average molecular weight is 293 g/mol. The van der Waals surface area contributed by atoms with Gasteiger partial charge in [0.1, 0.15) is 6.04 Å². The number of anilines is 3. The van der Waals surface area contributed by atoms with Crippen LogP contribution in [0.15, 0.2) is 0 Å². The van der Waals surface area contributed by atoms with Gasteiger partial charge in [-0.3, -0.25) is 4.79 Å². The van der Waals surface area contributed by atoms with E-state index in [0.717, 1.165) is 25.9 Å². The van der Waals surface area contributed by atoms with Crippen molar-refractivity contribution in [2.45, 2.75) is 32.7 Å². The minimum atomic E-state index is -0.511. The lowest BCUT2D eigenvalue weighted by molar-refractivity contribution is -0.119. The van der Waals surface area contributed by atoms with Crippen LogP contribution in [-0.2, 0) is 4.79 Å². The summed E-state index contributed by atoms with van der Waals surface area (Å²) in [5.74, 6) is 1.10. The third-order valence-corrected chi connectivity index (χ3v) is 3.49. The summed E-state index contributed by atoms with van der Waals surface area (Å²) in [5.41, 5.74) is 5.42. The van der Waals surface area contributed by atoms with Crippen LogP contribution in [0.4, 0.5) is 17.8 Å². The number of hydrogen-bond donors (Lipinski definition) is 3. The summed E-state index contributed by atoms with van der Waals surface area (Å²) in [4.78, 5) is 26.6. The predicted molar refractivity (Wildman–Crippen MR) is 82.3 cm³/mol.